The minimum Gasteiger partial charge on any atom is -0.356 e. The maximum Gasteiger partial charge on any atom is 0.228 e. The standard InChI is InChI=1S/C19H27N3O/c1-19(8-4-2-5-9-19)18(23)22-13-15-11-21(12-16(15)14-22)17-7-3-6-10-20-17/h3,6-7,10,15-16H,2,4-5,8-9,11-14H2,1H3/t15-,16+. The highest BCUT2D eigenvalue weighted by Crippen LogP contribution is 2.40. The lowest BCUT2D eigenvalue weighted by molar-refractivity contribution is -0.142. The van der Waals surface area contributed by atoms with Crippen LogP contribution in [-0.4, -0.2) is 42.0 Å². The highest BCUT2D eigenvalue weighted by atomic mass is 16.2. The number of nitrogens with zero attached hydrogens (tertiary/aromatic N) is 3. The van der Waals surface area contributed by atoms with Crippen molar-refractivity contribution in [3.05, 3.63) is 24.4 Å². The van der Waals surface area contributed by atoms with Crippen LogP contribution in [0.15, 0.2) is 24.4 Å². The first-order valence-corrected chi connectivity index (χ1v) is 9.11. The van der Waals surface area contributed by atoms with E-state index < -0.39 is 0 Å². The Morgan fingerprint density at radius 3 is 2.39 bits per heavy atom. The molecule has 0 spiro atoms. The van der Waals surface area contributed by atoms with Gasteiger partial charge in [-0.1, -0.05) is 32.3 Å². The molecule has 0 aromatic carbocycles. The summed E-state index contributed by atoms with van der Waals surface area (Å²) < 4.78 is 0. The van der Waals surface area contributed by atoms with Crippen LogP contribution in [0.3, 0.4) is 0 Å². The predicted octanol–water partition coefficient (Wildman–Crippen LogP) is 2.95. The molecule has 4 rings (SSSR count). The zero-order valence-corrected chi connectivity index (χ0v) is 14.1. The highest BCUT2D eigenvalue weighted by Gasteiger charge is 2.46. The van der Waals surface area contributed by atoms with Crippen LogP contribution in [0.4, 0.5) is 5.82 Å². The lowest BCUT2D eigenvalue weighted by atomic mass is 9.74. The van der Waals surface area contributed by atoms with Crippen molar-refractivity contribution in [2.45, 2.75) is 39.0 Å². The largest absolute Gasteiger partial charge is 0.356 e. The van der Waals surface area contributed by atoms with Crippen molar-refractivity contribution in [3.8, 4) is 0 Å². The van der Waals surface area contributed by atoms with E-state index in [-0.39, 0.29) is 5.41 Å². The zero-order valence-electron chi connectivity index (χ0n) is 14.1. The number of aromatic nitrogens is 1. The predicted molar refractivity (Wildman–Crippen MR) is 91.2 cm³/mol. The van der Waals surface area contributed by atoms with E-state index in [1.165, 1.54) is 19.3 Å². The minimum atomic E-state index is -0.0858. The van der Waals surface area contributed by atoms with Crippen molar-refractivity contribution in [3.63, 3.8) is 0 Å². The molecular formula is C19H27N3O. The summed E-state index contributed by atoms with van der Waals surface area (Å²) in [5, 5.41) is 0. The first-order chi connectivity index (χ1) is 11.2. The van der Waals surface area contributed by atoms with Crippen molar-refractivity contribution in [2.24, 2.45) is 17.3 Å². The molecular weight excluding hydrogens is 286 g/mol. The third kappa shape index (κ3) is 2.73. The summed E-state index contributed by atoms with van der Waals surface area (Å²) in [5.74, 6) is 2.75. The molecule has 4 heteroatoms. The van der Waals surface area contributed by atoms with E-state index in [9.17, 15) is 4.79 Å². The van der Waals surface area contributed by atoms with Gasteiger partial charge in [-0.2, -0.15) is 0 Å². The number of likely N-dealkylation sites (tertiary alicyclic amines) is 1. The summed E-state index contributed by atoms with van der Waals surface area (Å²) in [6.07, 6.45) is 7.76. The molecule has 1 aromatic rings. The molecule has 2 atom stereocenters. The van der Waals surface area contributed by atoms with Gasteiger partial charge in [0.05, 0.1) is 0 Å². The fourth-order valence-corrected chi connectivity index (χ4v) is 4.81. The van der Waals surface area contributed by atoms with Gasteiger partial charge in [0, 0.05) is 49.6 Å². The molecule has 3 fully saturated rings. The van der Waals surface area contributed by atoms with Gasteiger partial charge in [-0.3, -0.25) is 4.79 Å². The van der Waals surface area contributed by atoms with Crippen LogP contribution in [0.5, 0.6) is 0 Å². The lowest BCUT2D eigenvalue weighted by Crippen LogP contribution is -2.43. The van der Waals surface area contributed by atoms with Crippen molar-refractivity contribution >= 4 is 11.7 Å². The Morgan fingerprint density at radius 2 is 1.78 bits per heavy atom. The molecule has 2 aliphatic heterocycles. The number of carbonyl (C=O) groups is 1. The Hall–Kier alpha value is -1.58. The van der Waals surface area contributed by atoms with Crippen molar-refractivity contribution in [2.75, 3.05) is 31.1 Å². The molecule has 124 valence electrons. The van der Waals surface area contributed by atoms with Gasteiger partial charge in [0.1, 0.15) is 5.82 Å². The third-order valence-electron chi connectivity index (χ3n) is 6.22. The Balaban J connectivity index is 1.39. The molecule has 2 saturated heterocycles. The topological polar surface area (TPSA) is 36.4 Å². The van der Waals surface area contributed by atoms with Crippen LogP contribution in [-0.2, 0) is 4.79 Å². The lowest BCUT2D eigenvalue weighted by Gasteiger charge is -2.36. The van der Waals surface area contributed by atoms with Crippen LogP contribution in [0, 0.1) is 17.3 Å². The number of rotatable bonds is 2. The smallest absolute Gasteiger partial charge is 0.228 e. The molecule has 3 heterocycles. The number of fused-ring (bicyclic) bond motifs is 1. The summed E-state index contributed by atoms with van der Waals surface area (Å²) in [6, 6.07) is 6.11. The van der Waals surface area contributed by atoms with Gasteiger partial charge >= 0.3 is 0 Å². The number of pyridine rings is 1. The summed E-state index contributed by atoms with van der Waals surface area (Å²) in [5.41, 5.74) is -0.0858. The second-order valence-corrected chi connectivity index (χ2v) is 7.94. The fourth-order valence-electron chi connectivity index (χ4n) is 4.81. The van der Waals surface area contributed by atoms with Crippen molar-refractivity contribution < 1.29 is 4.79 Å². The van der Waals surface area contributed by atoms with Gasteiger partial charge in [0.25, 0.3) is 0 Å². The Labute approximate surface area is 138 Å². The SMILES string of the molecule is CC1(C(=O)N2C[C@@H]3CN(c4ccccn4)C[C@@H]3C2)CCCCC1. The highest BCUT2D eigenvalue weighted by molar-refractivity contribution is 5.82. The average molecular weight is 313 g/mol. The van der Waals surface area contributed by atoms with Crippen LogP contribution in [0.1, 0.15) is 39.0 Å². The number of anilines is 1. The molecule has 0 radical (unpaired) electrons. The molecule has 1 aliphatic carbocycles. The Kier molecular flexibility index (Phi) is 3.78. The van der Waals surface area contributed by atoms with Crippen LogP contribution >= 0.6 is 0 Å². The molecule has 0 bridgehead atoms. The fraction of sp³-hybridized carbons (Fsp3) is 0.684. The molecule has 4 nitrogen and oxygen atoms in total. The second kappa shape index (κ2) is 5.81. The molecule has 23 heavy (non-hydrogen) atoms. The molecule has 1 amide bonds. The first kappa shape index (κ1) is 15.0. The Bertz CT molecular complexity index is 553. The molecule has 1 saturated carbocycles. The van der Waals surface area contributed by atoms with E-state index in [1.807, 2.05) is 12.3 Å². The van der Waals surface area contributed by atoms with E-state index in [0.717, 1.165) is 44.8 Å². The summed E-state index contributed by atoms with van der Waals surface area (Å²) in [6.45, 7) is 6.18. The molecule has 0 N–H and O–H groups in total. The first-order valence-electron chi connectivity index (χ1n) is 9.11. The Morgan fingerprint density at radius 1 is 1.09 bits per heavy atom. The summed E-state index contributed by atoms with van der Waals surface area (Å²) >= 11 is 0. The van der Waals surface area contributed by atoms with Crippen molar-refractivity contribution in [1.82, 2.24) is 9.88 Å². The second-order valence-electron chi connectivity index (χ2n) is 7.94. The monoisotopic (exact) mass is 313 g/mol. The van der Waals surface area contributed by atoms with Gasteiger partial charge in [-0.15, -0.1) is 0 Å². The minimum absolute atomic E-state index is 0.0858. The molecule has 0 unspecified atom stereocenters. The van der Waals surface area contributed by atoms with E-state index in [0.29, 0.717) is 17.7 Å². The number of carbonyl (C=O) groups excluding carboxylic acids is 1. The van der Waals surface area contributed by atoms with Crippen LogP contribution in [0.2, 0.25) is 0 Å². The normalized spacial score (nSPS) is 29.6. The van der Waals surface area contributed by atoms with Gasteiger partial charge in [-0.25, -0.2) is 4.98 Å². The van der Waals surface area contributed by atoms with Gasteiger partial charge in [-0.05, 0) is 25.0 Å². The average Bonchev–Trinajstić information content (AvgIpc) is 3.14. The zero-order chi connectivity index (χ0) is 15.9. The van der Waals surface area contributed by atoms with Crippen molar-refractivity contribution in [1.29, 1.82) is 0 Å². The van der Waals surface area contributed by atoms with E-state index in [2.05, 4.69) is 33.8 Å². The van der Waals surface area contributed by atoms with Gasteiger partial charge in [0.15, 0.2) is 0 Å². The van der Waals surface area contributed by atoms with E-state index in [1.54, 1.807) is 0 Å². The maximum atomic E-state index is 13.0. The maximum absolute atomic E-state index is 13.0. The third-order valence-corrected chi connectivity index (χ3v) is 6.22. The van der Waals surface area contributed by atoms with Crippen LogP contribution < -0.4 is 4.90 Å². The summed E-state index contributed by atoms with van der Waals surface area (Å²) in [7, 11) is 0. The molecule has 3 aliphatic rings. The van der Waals surface area contributed by atoms with E-state index in [4.69, 9.17) is 0 Å². The van der Waals surface area contributed by atoms with E-state index >= 15 is 0 Å². The number of hydrogen-bond acceptors (Lipinski definition) is 3. The van der Waals surface area contributed by atoms with Gasteiger partial charge < -0.3 is 9.80 Å². The number of hydrogen-bond donors (Lipinski definition) is 0. The summed E-state index contributed by atoms with van der Waals surface area (Å²) in [4.78, 5) is 22.0. The quantitative estimate of drug-likeness (QED) is 0.842. The van der Waals surface area contributed by atoms with Gasteiger partial charge in [0.2, 0.25) is 5.91 Å². The number of amides is 1. The van der Waals surface area contributed by atoms with Crippen LogP contribution in [0.25, 0.3) is 0 Å². The molecule has 1 aromatic heterocycles.